The molecule has 2 fully saturated rings. The van der Waals surface area contributed by atoms with Crippen LogP contribution in [0.5, 0.6) is 5.75 Å². The molecule has 0 atom stereocenters. The maximum Gasteiger partial charge on any atom is 0.277 e. The molecule has 5 aromatic rings. The number of nitrogens with zero attached hydrogens (tertiary/aromatic N) is 5. The van der Waals surface area contributed by atoms with Crippen molar-refractivity contribution in [3.63, 3.8) is 0 Å². The maximum atomic E-state index is 13.6. The zero-order valence-corrected chi connectivity index (χ0v) is 42.1. The quantitative estimate of drug-likeness (QED) is 0.0457. The van der Waals surface area contributed by atoms with Crippen LogP contribution in [-0.4, -0.2) is 70.7 Å². The van der Waals surface area contributed by atoms with E-state index in [-0.39, 0.29) is 28.7 Å². The molecule has 3 aliphatic rings. The van der Waals surface area contributed by atoms with Crippen LogP contribution in [0.3, 0.4) is 0 Å². The average Bonchev–Trinajstić information content (AvgIpc) is 3.70. The maximum absolute atomic E-state index is 13.6. The largest absolute Gasteiger partial charge is 0.497 e. The summed E-state index contributed by atoms with van der Waals surface area (Å²) >= 11 is 12.8. The van der Waals surface area contributed by atoms with Crippen molar-refractivity contribution >= 4 is 124 Å². The molecule has 0 aliphatic carbocycles. The van der Waals surface area contributed by atoms with E-state index < -0.39 is 5.91 Å². The number of piperidine rings is 2. The molecule has 4 heterocycles. The molecule has 2 saturated heterocycles. The topological polar surface area (TPSA) is 174 Å². The highest BCUT2D eigenvalue weighted by Gasteiger charge is 2.35. The van der Waals surface area contributed by atoms with Crippen molar-refractivity contribution in [1.29, 1.82) is 0 Å². The summed E-state index contributed by atoms with van der Waals surface area (Å²) in [7, 11) is 1.57. The first-order valence-electron chi connectivity index (χ1n) is 20.9. The van der Waals surface area contributed by atoms with Gasteiger partial charge >= 0.3 is 0 Å². The third kappa shape index (κ3) is 14.2. The predicted octanol–water partition coefficient (Wildman–Crippen LogP) is 9.70. The van der Waals surface area contributed by atoms with Crippen LogP contribution >= 0.6 is 72.7 Å². The smallest absolute Gasteiger partial charge is 0.277 e. The second-order valence-electron chi connectivity index (χ2n) is 14.9. The number of methoxy groups -OCH3 is 1. The number of aromatic nitrogens is 2. The summed E-state index contributed by atoms with van der Waals surface area (Å²) < 4.78 is 9.11. The molecule has 17 heteroatoms. The van der Waals surface area contributed by atoms with Crippen molar-refractivity contribution in [2.75, 3.05) is 52.5 Å². The molecule has 0 saturated carbocycles. The highest BCUT2D eigenvalue weighted by molar-refractivity contribution is 14.1. The van der Waals surface area contributed by atoms with Crippen molar-refractivity contribution < 1.29 is 28.7 Å². The van der Waals surface area contributed by atoms with Gasteiger partial charge in [0.15, 0.2) is 5.69 Å². The minimum atomic E-state index is -0.666. The Morgan fingerprint density at radius 3 is 1.62 bits per heavy atom. The summed E-state index contributed by atoms with van der Waals surface area (Å²) in [6.45, 7) is 1.98. The average molecular weight is 1180 g/mol. The Kier molecular flexibility index (Phi) is 19.9. The number of hydrogen-bond donors (Lipinski definition) is 2. The summed E-state index contributed by atoms with van der Waals surface area (Å²) in [6, 6.07) is 30.4. The minimum Gasteiger partial charge on any atom is -0.497 e. The third-order valence-electron chi connectivity index (χ3n) is 10.5. The molecule has 4 N–H and O–H groups in total. The van der Waals surface area contributed by atoms with Crippen molar-refractivity contribution in [2.45, 2.75) is 64.2 Å². The van der Waals surface area contributed by atoms with Gasteiger partial charge in [-0.05, 0) is 199 Å². The number of rotatable bonds is 10. The summed E-state index contributed by atoms with van der Waals surface area (Å²) in [5.41, 5.74) is 16.0. The second kappa shape index (κ2) is 25.2. The minimum absolute atomic E-state index is 0.109. The van der Waals surface area contributed by atoms with Gasteiger partial charge in [-0.15, -0.1) is 0 Å². The molecule has 0 radical (unpaired) electrons. The lowest BCUT2D eigenvalue weighted by Crippen LogP contribution is -2.39. The van der Waals surface area contributed by atoms with Gasteiger partial charge in [0, 0.05) is 79.7 Å². The van der Waals surface area contributed by atoms with Gasteiger partial charge in [0.2, 0.25) is 17.1 Å². The molecule has 1 aromatic heterocycles. The van der Waals surface area contributed by atoms with E-state index in [4.69, 9.17) is 27.8 Å². The standard InChI is InChI=1S/C25H25N5O4.C11H12INO.C6H6IN.C5H8BrClO/c1-34-19-11-9-18(10-12-19)30-23-20(22(27-30)24(26)32)13-15-29(25(23)33)17-7-5-16(6-8-17)28-14-3-2-4-21(28)31;12-9-4-6-10(7-5-9)13-8-2-1-3-11(13)14;7-5-1-3-6(8)4-2-5;6-4-2-1-3-5(7)8/h5-12H,2-4,13-15H2,1H3,(H2,26,32);4-7H,1-3,8H2;1-4H,8H2;1-4H2. The van der Waals surface area contributed by atoms with Crippen LogP contribution in [0.4, 0.5) is 22.7 Å². The van der Waals surface area contributed by atoms with E-state index in [1.165, 1.54) is 11.8 Å². The van der Waals surface area contributed by atoms with Gasteiger partial charge in [-0.1, -0.05) is 15.9 Å². The molecule has 0 bridgehead atoms. The number of fused-ring (bicyclic) bond motifs is 1. The number of carbonyl (C=O) groups excluding carboxylic acids is 5. The zero-order chi connectivity index (χ0) is 46.2. The van der Waals surface area contributed by atoms with Crippen LogP contribution in [-0.2, 0) is 20.8 Å². The van der Waals surface area contributed by atoms with Gasteiger partial charge in [-0.25, -0.2) is 4.68 Å². The first-order valence-corrected chi connectivity index (χ1v) is 24.6. The molecule has 8 rings (SSSR count). The van der Waals surface area contributed by atoms with Gasteiger partial charge in [-0.3, -0.25) is 24.0 Å². The highest BCUT2D eigenvalue weighted by atomic mass is 127. The fourth-order valence-corrected chi connectivity index (χ4v) is 8.38. The number of hydrogen-bond acceptors (Lipinski definition) is 8. The van der Waals surface area contributed by atoms with E-state index in [0.717, 1.165) is 67.5 Å². The molecule has 0 spiro atoms. The second-order valence-corrected chi connectivity index (χ2v) is 18.6. The number of amides is 4. The van der Waals surface area contributed by atoms with Gasteiger partial charge in [0.05, 0.1) is 12.8 Å². The van der Waals surface area contributed by atoms with Gasteiger partial charge < -0.3 is 30.9 Å². The number of unbranched alkanes of at least 4 members (excludes halogenated alkanes) is 1. The fourth-order valence-electron chi connectivity index (χ4n) is 7.13. The number of ether oxygens (including phenoxy) is 1. The number of nitrogen functional groups attached to an aromatic ring is 1. The lowest BCUT2D eigenvalue weighted by atomic mass is 10.0. The van der Waals surface area contributed by atoms with Crippen LogP contribution < -0.4 is 30.9 Å². The summed E-state index contributed by atoms with van der Waals surface area (Å²) in [6.07, 6.45) is 8.21. The van der Waals surface area contributed by atoms with Crippen LogP contribution in [0, 0.1) is 7.14 Å². The van der Waals surface area contributed by atoms with Crippen molar-refractivity contribution in [3.05, 3.63) is 121 Å². The molecule has 4 aromatic carbocycles. The van der Waals surface area contributed by atoms with E-state index in [0.29, 0.717) is 67.2 Å². The van der Waals surface area contributed by atoms with E-state index >= 15 is 0 Å². The molecule has 4 amide bonds. The third-order valence-corrected chi connectivity index (χ3v) is 12.6. The number of alkyl halides is 1. The normalized spacial score (nSPS) is 14.5. The molecule has 338 valence electrons. The van der Waals surface area contributed by atoms with Gasteiger partial charge in [-0.2, -0.15) is 5.10 Å². The van der Waals surface area contributed by atoms with Crippen LogP contribution in [0.25, 0.3) is 5.69 Å². The Morgan fingerprint density at radius 1 is 0.688 bits per heavy atom. The lowest BCUT2D eigenvalue weighted by Gasteiger charge is -2.29. The number of nitrogens with two attached hydrogens (primary N) is 2. The molecule has 64 heavy (non-hydrogen) atoms. The Balaban J connectivity index is 0.000000208. The Hall–Kier alpha value is -4.53. The van der Waals surface area contributed by atoms with E-state index in [9.17, 15) is 24.0 Å². The Labute approximate surface area is 414 Å². The number of primary amides is 1. The van der Waals surface area contributed by atoms with Gasteiger partial charge in [0.25, 0.3) is 11.8 Å². The molecular formula is C47H51BrClI2N7O6. The Bertz CT molecular complexity index is 2340. The van der Waals surface area contributed by atoms with Crippen LogP contribution in [0.15, 0.2) is 97.1 Å². The summed E-state index contributed by atoms with van der Waals surface area (Å²) in [5.74, 6) is 0.122. The Morgan fingerprint density at radius 2 is 1.17 bits per heavy atom. The molecule has 0 unspecified atom stereocenters. The predicted molar refractivity (Wildman–Crippen MR) is 274 cm³/mol. The molecule has 13 nitrogen and oxygen atoms in total. The van der Waals surface area contributed by atoms with Crippen molar-refractivity contribution in [1.82, 2.24) is 9.78 Å². The summed E-state index contributed by atoms with van der Waals surface area (Å²) in [4.78, 5) is 65.0. The number of anilines is 4. The van der Waals surface area contributed by atoms with E-state index in [1.807, 2.05) is 77.7 Å². The zero-order valence-electron chi connectivity index (χ0n) is 35.5. The number of halogens is 4. The van der Waals surface area contributed by atoms with E-state index in [2.05, 4.69) is 66.2 Å². The number of benzene rings is 4. The first-order chi connectivity index (χ1) is 30.8. The lowest BCUT2D eigenvalue weighted by molar-refractivity contribution is -0.120. The molecule has 3 aliphatic heterocycles. The van der Waals surface area contributed by atoms with Crippen molar-refractivity contribution in [3.8, 4) is 11.4 Å². The highest BCUT2D eigenvalue weighted by Crippen LogP contribution is 2.31. The van der Waals surface area contributed by atoms with Crippen LogP contribution in [0.2, 0.25) is 0 Å². The van der Waals surface area contributed by atoms with Gasteiger partial charge in [0.1, 0.15) is 11.4 Å². The fraction of sp³-hybridized carbons (Fsp3) is 0.319. The summed E-state index contributed by atoms with van der Waals surface area (Å²) in [5, 5.41) is 5.11. The molecular weight excluding hydrogens is 1130 g/mol. The number of carbonyl (C=O) groups is 5. The van der Waals surface area contributed by atoms with E-state index in [1.54, 1.807) is 41.2 Å². The monoisotopic (exact) mass is 1180 g/mol. The van der Waals surface area contributed by atoms with Crippen LogP contribution in [0.1, 0.15) is 84.3 Å². The SMILES string of the molecule is COc1ccc(-n2nc(C(N)=O)c3c2C(=O)N(c2ccc(N4CCCCC4=O)cc2)CC3)cc1.Nc1ccc(I)cc1.O=C(Cl)CCCCBr.O=C1CCCCN1c1ccc(I)cc1. The first kappa shape index (κ1) is 50.5. The van der Waals surface area contributed by atoms with Crippen molar-refractivity contribution in [2.24, 2.45) is 5.73 Å².